The van der Waals surface area contributed by atoms with Crippen molar-refractivity contribution in [3.63, 3.8) is 0 Å². The molecule has 0 radical (unpaired) electrons. The molecule has 0 unspecified atom stereocenters. The van der Waals surface area contributed by atoms with Crippen molar-refractivity contribution in [2.24, 2.45) is 0 Å². The lowest BCUT2D eigenvalue weighted by atomic mass is 10.2. The van der Waals surface area contributed by atoms with Gasteiger partial charge >= 0.3 is 6.09 Å². The van der Waals surface area contributed by atoms with Crippen molar-refractivity contribution in [2.75, 3.05) is 20.1 Å². The summed E-state index contributed by atoms with van der Waals surface area (Å²) < 4.78 is 5.07. The summed E-state index contributed by atoms with van der Waals surface area (Å²) in [6.07, 6.45) is 7.03. The minimum Gasteiger partial charge on any atom is -0.444 e. The average Bonchev–Trinajstić information content (AvgIpc) is 2.34. The van der Waals surface area contributed by atoms with Crippen LogP contribution in [0.2, 0.25) is 0 Å². The Hall–Kier alpha value is -0.770. The normalized spacial score (nSPS) is 10.5. The van der Waals surface area contributed by atoms with Gasteiger partial charge in [0.2, 0.25) is 0 Å². The van der Waals surface area contributed by atoms with E-state index in [4.69, 9.17) is 4.74 Å². The second-order valence-electron chi connectivity index (χ2n) is 5.95. The molecular weight excluding hydrogens is 252 g/mol. The summed E-state index contributed by atoms with van der Waals surface area (Å²) in [6.45, 7) is 11.8. The molecule has 2 N–H and O–H groups in total. The molecule has 0 spiro atoms. The third kappa shape index (κ3) is 22.4. The number of carbonyl (C=O) groups is 1. The maximum Gasteiger partial charge on any atom is 0.407 e. The summed E-state index contributed by atoms with van der Waals surface area (Å²) >= 11 is 0. The van der Waals surface area contributed by atoms with Gasteiger partial charge in [-0.15, -0.1) is 0 Å². The maximum atomic E-state index is 11.1. The molecule has 0 aromatic rings. The number of amides is 1. The molecule has 0 aliphatic heterocycles. The van der Waals surface area contributed by atoms with Gasteiger partial charge in [0.1, 0.15) is 5.60 Å². The van der Waals surface area contributed by atoms with E-state index in [1.54, 1.807) is 0 Å². The molecule has 1 amide bonds. The van der Waals surface area contributed by atoms with Crippen LogP contribution in [0.25, 0.3) is 0 Å². The third-order valence-corrected chi connectivity index (χ3v) is 2.48. The van der Waals surface area contributed by atoms with Crippen molar-refractivity contribution in [3.8, 4) is 0 Å². The lowest BCUT2D eigenvalue weighted by Crippen LogP contribution is -2.32. The molecule has 4 heteroatoms. The second-order valence-corrected chi connectivity index (χ2v) is 5.95. The zero-order chi connectivity index (χ0) is 15.9. The first kappa shape index (κ1) is 21.5. The topological polar surface area (TPSA) is 50.4 Å². The first-order chi connectivity index (χ1) is 9.37. The first-order valence-electron chi connectivity index (χ1n) is 7.98. The lowest BCUT2D eigenvalue weighted by Gasteiger charge is -2.19. The molecule has 0 aliphatic carbocycles. The van der Waals surface area contributed by atoms with Gasteiger partial charge in [-0.25, -0.2) is 4.79 Å². The minimum absolute atomic E-state index is 0.316. The van der Waals surface area contributed by atoms with Gasteiger partial charge in [0, 0.05) is 6.54 Å². The monoisotopic (exact) mass is 288 g/mol. The van der Waals surface area contributed by atoms with E-state index in [0.29, 0.717) is 6.54 Å². The first-order valence-corrected chi connectivity index (χ1v) is 7.98. The predicted octanol–water partition coefficient (Wildman–Crippen LogP) is 4.10. The van der Waals surface area contributed by atoms with Gasteiger partial charge in [0.25, 0.3) is 0 Å². The van der Waals surface area contributed by atoms with Crippen LogP contribution in [0.15, 0.2) is 0 Å². The van der Waals surface area contributed by atoms with E-state index in [1.807, 2.05) is 27.8 Å². The van der Waals surface area contributed by atoms with Crippen molar-refractivity contribution in [2.45, 2.75) is 78.7 Å². The average molecular weight is 288 g/mol. The smallest absolute Gasteiger partial charge is 0.407 e. The van der Waals surface area contributed by atoms with Crippen molar-refractivity contribution in [1.29, 1.82) is 0 Å². The zero-order valence-electron chi connectivity index (χ0n) is 14.5. The third-order valence-electron chi connectivity index (χ3n) is 2.48. The predicted molar refractivity (Wildman–Crippen MR) is 87.2 cm³/mol. The number of nitrogens with one attached hydrogen (secondary N) is 2. The minimum atomic E-state index is -0.394. The number of ether oxygens (including phenoxy) is 1. The molecule has 0 aliphatic rings. The number of carbonyl (C=O) groups excluding carboxylic acids is 1. The Morgan fingerprint density at radius 3 is 1.85 bits per heavy atom. The zero-order valence-corrected chi connectivity index (χ0v) is 14.5. The maximum absolute atomic E-state index is 11.1. The van der Waals surface area contributed by atoms with Crippen LogP contribution in [-0.2, 0) is 4.74 Å². The largest absolute Gasteiger partial charge is 0.444 e. The molecule has 20 heavy (non-hydrogen) atoms. The Balaban J connectivity index is 0. The Labute approximate surface area is 126 Å². The number of hydrogen-bond acceptors (Lipinski definition) is 3. The highest BCUT2D eigenvalue weighted by molar-refractivity contribution is 5.67. The van der Waals surface area contributed by atoms with Gasteiger partial charge in [-0.05, 0) is 47.2 Å². The van der Waals surface area contributed by atoms with Gasteiger partial charge in [-0.2, -0.15) is 0 Å². The summed E-state index contributed by atoms with van der Waals surface area (Å²) in [6, 6.07) is 0. The Morgan fingerprint density at radius 1 is 0.950 bits per heavy atom. The molecule has 0 aromatic carbocycles. The summed E-state index contributed by atoms with van der Waals surface area (Å²) in [5.41, 5.74) is -0.394. The Morgan fingerprint density at radius 2 is 1.45 bits per heavy atom. The fraction of sp³-hybridized carbons (Fsp3) is 0.938. The van der Waals surface area contributed by atoms with Crippen LogP contribution in [0.4, 0.5) is 4.79 Å². The lowest BCUT2D eigenvalue weighted by molar-refractivity contribution is 0.0527. The summed E-state index contributed by atoms with van der Waals surface area (Å²) in [7, 11) is 2.00. The van der Waals surface area contributed by atoms with Crippen LogP contribution in [0.1, 0.15) is 73.1 Å². The Kier molecular flexibility index (Phi) is 15.8. The van der Waals surface area contributed by atoms with E-state index >= 15 is 0 Å². The molecule has 122 valence electrons. The molecular formula is C16H36N2O2. The van der Waals surface area contributed by atoms with Crippen LogP contribution >= 0.6 is 0 Å². The van der Waals surface area contributed by atoms with Gasteiger partial charge in [0.15, 0.2) is 0 Å². The van der Waals surface area contributed by atoms with Gasteiger partial charge in [-0.1, -0.05) is 39.5 Å². The molecule has 4 nitrogen and oxygen atoms in total. The van der Waals surface area contributed by atoms with Crippen LogP contribution in [0.5, 0.6) is 0 Å². The van der Waals surface area contributed by atoms with Crippen LogP contribution < -0.4 is 10.6 Å². The van der Waals surface area contributed by atoms with Crippen molar-refractivity contribution < 1.29 is 9.53 Å². The molecule has 0 saturated heterocycles. The van der Waals surface area contributed by atoms with Crippen molar-refractivity contribution >= 4 is 6.09 Å². The summed E-state index contributed by atoms with van der Waals surface area (Å²) in [5.74, 6) is 0. The molecule has 0 heterocycles. The SMILES string of the molecule is CCCCCNC.CCCCCNC(=O)OC(C)(C)C. The highest BCUT2D eigenvalue weighted by atomic mass is 16.6. The molecule has 0 rings (SSSR count). The summed E-state index contributed by atoms with van der Waals surface area (Å²) in [5, 5.41) is 5.82. The van der Waals surface area contributed by atoms with Crippen LogP contribution in [0, 0.1) is 0 Å². The van der Waals surface area contributed by atoms with E-state index in [0.717, 1.165) is 19.3 Å². The van der Waals surface area contributed by atoms with E-state index < -0.39 is 5.60 Å². The Bertz CT molecular complexity index is 209. The fourth-order valence-electron chi connectivity index (χ4n) is 1.43. The van der Waals surface area contributed by atoms with Gasteiger partial charge in [-0.3, -0.25) is 0 Å². The molecule has 0 aromatic heterocycles. The van der Waals surface area contributed by atoms with Gasteiger partial charge < -0.3 is 15.4 Å². The molecule has 0 bridgehead atoms. The highest BCUT2D eigenvalue weighted by Crippen LogP contribution is 2.06. The molecule has 0 atom stereocenters. The number of alkyl carbamates (subject to hydrolysis) is 1. The van der Waals surface area contributed by atoms with E-state index in [2.05, 4.69) is 24.5 Å². The number of unbranched alkanes of at least 4 members (excludes halogenated alkanes) is 4. The molecule has 0 saturated carbocycles. The van der Waals surface area contributed by atoms with Crippen LogP contribution in [0.3, 0.4) is 0 Å². The quantitative estimate of drug-likeness (QED) is 0.661. The summed E-state index contributed by atoms with van der Waals surface area (Å²) in [4.78, 5) is 11.1. The van der Waals surface area contributed by atoms with Crippen LogP contribution in [-0.4, -0.2) is 31.8 Å². The highest BCUT2D eigenvalue weighted by Gasteiger charge is 2.15. The number of hydrogen-bond donors (Lipinski definition) is 2. The van der Waals surface area contributed by atoms with Crippen molar-refractivity contribution in [3.05, 3.63) is 0 Å². The standard InChI is InChI=1S/C10H21NO2.C6H15N/c1-5-6-7-8-11-9(12)13-10(2,3)4;1-3-4-5-6-7-2/h5-8H2,1-4H3,(H,11,12);7H,3-6H2,1-2H3. The second kappa shape index (κ2) is 14.6. The van der Waals surface area contributed by atoms with E-state index in [9.17, 15) is 4.79 Å². The van der Waals surface area contributed by atoms with E-state index in [1.165, 1.54) is 25.8 Å². The number of rotatable bonds is 8. The molecule has 0 fully saturated rings. The van der Waals surface area contributed by atoms with Crippen molar-refractivity contribution in [1.82, 2.24) is 10.6 Å². The van der Waals surface area contributed by atoms with Gasteiger partial charge in [0.05, 0.1) is 0 Å². The fourth-order valence-corrected chi connectivity index (χ4v) is 1.43. The van der Waals surface area contributed by atoms with E-state index in [-0.39, 0.29) is 6.09 Å².